The van der Waals surface area contributed by atoms with Crippen LogP contribution >= 0.6 is 0 Å². The minimum Gasteiger partial charge on any atom is -0.493 e. The Morgan fingerprint density at radius 2 is 1.97 bits per heavy atom. The van der Waals surface area contributed by atoms with Gasteiger partial charge in [-0.2, -0.15) is 5.26 Å². The molecule has 0 saturated carbocycles. The molecule has 32 heavy (non-hydrogen) atoms. The van der Waals surface area contributed by atoms with Gasteiger partial charge >= 0.3 is 0 Å². The maximum Gasteiger partial charge on any atom is 0.266 e. The van der Waals surface area contributed by atoms with Crippen LogP contribution in [0.3, 0.4) is 0 Å². The average Bonchev–Trinajstić information content (AvgIpc) is 3.38. The Bertz CT molecular complexity index is 1340. The summed E-state index contributed by atoms with van der Waals surface area (Å²) in [7, 11) is 1.58. The molecule has 2 heterocycles. The lowest BCUT2D eigenvalue weighted by Gasteiger charge is -2.27. The Morgan fingerprint density at radius 1 is 1.16 bits per heavy atom. The van der Waals surface area contributed by atoms with Crippen LogP contribution in [0, 0.1) is 17.1 Å². The molecule has 3 aromatic carbocycles. The number of ether oxygens (including phenoxy) is 1. The minimum atomic E-state index is -1.39. The van der Waals surface area contributed by atoms with Crippen molar-refractivity contribution in [1.82, 2.24) is 4.90 Å². The van der Waals surface area contributed by atoms with Crippen molar-refractivity contribution in [2.75, 3.05) is 13.7 Å². The largest absolute Gasteiger partial charge is 0.493 e. The fraction of sp³-hybridized carbons (Fsp3) is 0.160. The molecule has 2 aliphatic rings. The SMILES string of the molecule is CN1C(=O)C(c2cccc(-c3cc(C#N)ccc3F)c2)(c2ccc3c(c2)CCO3)N=C1N. The fourth-order valence-corrected chi connectivity index (χ4v) is 4.32. The van der Waals surface area contributed by atoms with Gasteiger partial charge in [-0.15, -0.1) is 0 Å². The highest BCUT2D eigenvalue weighted by Gasteiger charge is 2.49. The maximum atomic E-state index is 14.6. The summed E-state index contributed by atoms with van der Waals surface area (Å²) in [6, 6.07) is 18.8. The van der Waals surface area contributed by atoms with Crippen LogP contribution in [0.5, 0.6) is 5.75 Å². The van der Waals surface area contributed by atoms with Crippen molar-refractivity contribution in [2.24, 2.45) is 10.7 Å². The molecular weight excluding hydrogens is 407 g/mol. The Kier molecular flexibility index (Phi) is 4.45. The van der Waals surface area contributed by atoms with E-state index in [0.717, 1.165) is 17.7 Å². The summed E-state index contributed by atoms with van der Waals surface area (Å²) in [6.45, 7) is 0.592. The number of likely N-dealkylation sites (N-methyl/N-ethyl adjacent to an activating group) is 1. The molecule has 5 rings (SSSR count). The van der Waals surface area contributed by atoms with Crippen molar-refractivity contribution in [2.45, 2.75) is 12.0 Å². The lowest BCUT2D eigenvalue weighted by atomic mass is 9.81. The quantitative estimate of drug-likeness (QED) is 0.695. The summed E-state index contributed by atoms with van der Waals surface area (Å²) in [5.41, 5.74) is 8.08. The molecule has 1 amide bonds. The first-order valence-electron chi connectivity index (χ1n) is 10.1. The van der Waals surface area contributed by atoms with E-state index in [1.807, 2.05) is 24.3 Å². The van der Waals surface area contributed by atoms with Crippen molar-refractivity contribution in [3.05, 3.63) is 88.7 Å². The van der Waals surface area contributed by atoms with Crippen LogP contribution in [0.4, 0.5) is 4.39 Å². The highest BCUT2D eigenvalue weighted by Crippen LogP contribution is 2.42. The van der Waals surface area contributed by atoms with E-state index in [-0.39, 0.29) is 17.4 Å². The second-order valence-electron chi connectivity index (χ2n) is 7.85. The first-order chi connectivity index (χ1) is 15.4. The summed E-state index contributed by atoms with van der Waals surface area (Å²) >= 11 is 0. The second kappa shape index (κ2) is 7.20. The predicted molar refractivity (Wildman–Crippen MR) is 117 cm³/mol. The average molecular weight is 426 g/mol. The number of nitrogens with two attached hydrogens (primary N) is 1. The number of carbonyl (C=O) groups is 1. The molecule has 0 spiro atoms. The van der Waals surface area contributed by atoms with Crippen molar-refractivity contribution in [1.29, 1.82) is 5.26 Å². The van der Waals surface area contributed by atoms with Crippen LogP contribution in [0.25, 0.3) is 11.1 Å². The van der Waals surface area contributed by atoms with E-state index in [9.17, 15) is 14.4 Å². The van der Waals surface area contributed by atoms with E-state index < -0.39 is 11.4 Å². The molecule has 2 aliphatic heterocycles. The second-order valence-corrected chi connectivity index (χ2v) is 7.85. The molecule has 0 aromatic heterocycles. The molecule has 3 aromatic rings. The first kappa shape index (κ1) is 19.8. The zero-order valence-corrected chi connectivity index (χ0v) is 17.3. The smallest absolute Gasteiger partial charge is 0.266 e. The molecule has 0 fully saturated rings. The van der Waals surface area contributed by atoms with Gasteiger partial charge < -0.3 is 10.5 Å². The summed E-state index contributed by atoms with van der Waals surface area (Å²) < 4.78 is 20.2. The number of benzene rings is 3. The number of hydrogen-bond acceptors (Lipinski definition) is 5. The van der Waals surface area contributed by atoms with E-state index in [4.69, 9.17) is 10.5 Å². The molecule has 7 heteroatoms. The van der Waals surface area contributed by atoms with Crippen LogP contribution in [0.2, 0.25) is 0 Å². The summed E-state index contributed by atoms with van der Waals surface area (Å²) in [4.78, 5) is 19.5. The minimum absolute atomic E-state index is 0.106. The molecular formula is C25H19FN4O2. The number of aliphatic imine (C=N–C) groups is 1. The number of nitriles is 1. The van der Waals surface area contributed by atoms with Gasteiger partial charge in [0.2, 0.25) is 0 Å². The summed E-state index contributed by atoms with van der Waals surface area (Å²) in [5, 5.41) is 9.22. The number of carbonyl (C=O) groups excluding carboxylic acids is 1. The number of nitrogens with zero attached hydrogens (tertiary/aromatic N) is 3. The van der Waals surface area contributed by atoms with Gasteiger partial charge in [0.25, 0.3) is 5.91 Å². The summed E-state index contributed by atoms with van der Waals surface area (Å²) in [6.07, 6.45) is 0.745. The van der Waals surface area contributed by atoms with Crippen molar-refractivity contribution in [3.8, 4) is 22.9 Å². The van der Waals surface area contributed by atoms with Gasteiger partial charge in [0, 0.05) is 19.0 Å². The molecule has 158 valence electrons. The Morgan fingerprint density at radius 3 is 2.72 bits per heavy atom. The maximum absolute atomic E-state index is 14.6. The van der Waals surface area contributed by atoms with Crippen LogP contribution in [0.1, 0.15) is 22.3 Å². The normalized spacial score (nSPS) is 19.3. The van der Waals surface area contributed by atoms with Gasteiger partial charge in [0.05, 0.1) is 18.2 Å². The van der Waals surface area contributed by atoms with Gasteiger partial charge in [-0.25, -0.2) is 9.38 Å². The highest BCUT2D eigenvalue weighted by atomic mass is 19.1. The molecule has 1 atom stereocenters. The van der Waals surface area contributed by atoms with Gasteiger partial charge in [-0.05, 0) is 58.7 Å². The third-order valence-electron chi connectivity index (χ3n) is 6.03. The van der Waals surface area contributed by atoms with Crippen LogP contribution in [-0.4, -0.2) is 30.4 Å². The lowest BCUT2D eigenvalue weighted by molar-refractivity contribution is -0.129. The molecule has 0 bridgehead atoms. The fourth-order valence-electron chi connectivity index (χ4n) is 4.32. The number of guanidine groups is 1. The highest BCUT2D eigenvalue weighted by molar-refractivity contribution is 6.09. The zero-order chi connectivity index (χ0) is 22.5. The van der Waals surface area contributed by atoms with E-state index in [2.05, 4.69) is 4.99 Å². The number of halogens is 1. The molecule has 0 radical (unpaired) electrons. The lowest BCUT2D eigenvalue weighted by Crippen LogP contribution is -2.41. The Hall–Kier alpha value is -4.18. The van der Waals surface area contributed by atoms with E-state index in [1.54, 1.807) is 31.3 Å². The number of rotatable bonds is 3. The van der Waals surface area contributed by atoms with Crippen LogP contribution < -0.4 is 10.5 Å². The van der Waals surface area contributed by atoms with E-state index in [1.165, 1.54) is 23.1 Å². The number of hydrogen-bond donors (Lipinski definition) is 1. The Balaban J connectivity index is 1.72. The van der Waals surface area contributed by atoms with Crippen molar-refractivity contribution in [3.63, 3.8) is 0 Å². The third-order valence-corrected chi connectivity index (χ3v) is 6.03. The number of fused-ring (bicyclic) bond motifs is 1. The van der Waals surface area contributed by atoms with Gasteiger partial charge in [-0.3, -0.25) is 9.69 Å². The third kappa shape index (κ3) is 2.84. The first-order valence-corrected chi connectivity index (χ1v) is 10.1. The van der Waals surface area contributed by atoms with Gasteiger partial charge in [0.1, 0.15) is 11.6 Å². The molecule has 2 N–H and O–H groups in total. The van der Waals surface area contributed by atoms with E-state index >= 15 is 0 Å². The summed E-state index contributed by atoms with van der Waals surface area (Å²) in [5.74, 6) is 0.152. The molecule has 6 nitrogen and oxygen atoms in total. The van der Waals surface area contributed by atoms with Crippen LogP contribution in [-0.2, 0) is 16.8 Å². The number of amides is 1. The monoisotopic (exact) mass is 426 g/mol. The van der Waals surface area contributed by atoms with Crippen molar-refractivity contribution < 1.29 is 13.9 Å². The van der Waals surface area contributed by atoms with Crippen molar-refractivity contribution >= 4 is 11.9 Å². The van der Waals surface area contributed by atoms with Gasteiger partial charge in [-0.1, -0.05) is 24.3 Å². The van der Waals surface area contributed by atoms with E-state index in [0.29, 0.717) is 28.9 Å². The predicted octanol–water partition coefficient (Wildman–Crippen LogP) is 3.33. The zero-order valence-electron chi connectivity index (χ0n) is 17.3. The van der Waals surface area contributed by atoms with Crippen LogP contribution in [0.15, 0.2) is 65.7 Å². The standard InChI is InChI=1S/C25H19FN4O2/c1-30-23(31)25(29-24(30)28,19-6-8-22-17(13-19)9-10-32-22)18-4-2-3-16(12-18)20-11-15(14-27)5-7-21(20)26/h2-8,11-13H,9-10H2,1H3,(H2,28,29). The molecule has 0 saturated heterocycles. The molecule has 1 unspecified atom stereocenters. The Labute approximate surface area is 184 Å². The van der Waals surface area contributed by atoms with Gasteiger partial charge in [0.15, 0.2) is 11.5 Å². The topological polar surface area (TPSA) is 91.7 Å². The molecule has 0 aliphatic carbocycles.